The molecule has 0 atom stereocenters. The van der Waals surface area contributed by atoms with Crippen LogP contribution in [0.2, 0.25) is 0 Å². The molecule has 6 nitrogen and oxygen atoms in total. The van der Waals surface area contributed by atoms with Crippen LogP contribution in [0, 0.1) is 0 Å². The Morgan fingerprint density at radius 3 is 2.70 bits per heavy atom. The largest absolute Gasteiger partial charge is 0.497 e. The van der Waals surface area contributed by atoms with Crippen molar-refractivity contribution in [2.45, 2.75) is 11.4 Å². The monoisotopic (exact) mass is 418 g/mol. The summed E-state index contributed by atoms with van der Waals surface area (Å²) in [4.78, 5) is 16.7. The smallest absolute Gasteiger partial charge is 0.230 e. The Morgan fingerprint density at radius 2 is 1.93 bits per heavy atom. The Hall–Kier alpha value is -3.32. The molecule has 0 aliphatic rings. The van der Waals surface area contributed by atoms with E-state index in [4.69, 9.17) is 4.74 Å². The van der Waals surface area contributed by atoms with Crippen LogP contribution < -0.4 is 10.1 Å². The molecule has 30 heavy (non-hydrogen) atoms. The van der Waals surface area contributed by atoms with Crippen molar-refractivity contribution in [3.63, 3.8) is 0 Å². The lowest BCUT2D eigenvalue weighted by Gasteiger charge is -2.05. The number of hydrogen-bond acceptors (Lipinski definition) is 5. The van der Waals surface area contributed by atoms with E-state index in [-0.39, 0.29) is 5.91 Å². The van der Waals surface area contributed by atoms with Crippen LogP contribution in [0.3, 0.4) is 0 Å². The molecule has 0 aliphatic carbocycles. The molecule has 0 aliphatic heterocycles. The van der Waals surface area contributed by atoms with Gasteiger partial charge in [0.15, 0.2) is 0 Å². The molecular weight excluding hydrogens is 396 g/mol. The van der Waals surface area contributed by atoms with Gasteiger partial charge in [-0.15, -0.1) is 0 Å². The van der Waals surface area contributed by atoms with Crippen LogP contribution in [0.15, 0.2) is 78.1 Å². The summed E-state index contributed by atoms with van der Waals surface area (Å²) >= 11 is 1.41. The third kappa shape index (κ3) is 4.80. The number of nitrogens with zero attached hydrogens (tertiary/aromatic N) is 3. The van der Waals surface area contributed by atoms with E-state index in [1.54, 1.807) is 17.8 Å². The normalized spacial score (nSPS) is 10.8. The van der Waals surface area contributed by atoms with Gasteiger partial charge in [0.25, 0.3) is 0 Å². The Kier molecular flexibility index (Phi) is 6.29. The van der Waals surface area contributed by atoms with E-state index >= 15 is 0 Å². The zero-order valence-electron chi connectivity index (χ0n) is 16.6. The third-order valence-corrected chi connectivity index (χ3v) is 5.65. The molecule has 0 saturated carbocycles. The molecule has 0 bridgehead atoms. The summed E-state index contributed by atoms with van der Waals surface area (Å²) < 4.78 is 7.01. The maximum Gasteiger partial charge on any atom is 0.230 e. The van der Waals surface area contributed by atoms with Gasteiger partial charge >= 0.3 is 0 Å². The van der Waals surface area contributed by atoms with Crippen LogP contribution in [0.5, 0.6) is 5.75 Å². The second-order valence-electron chi connectivity index (χ2n) is 6.69. The molecule has 7 heteroatoms. The predicted molar refractivity (Wildman–Crippen MR) is 119 cm³/mol. The standard InChI is InChI=1S/C23H22N4O2S/c1-29-19-9-7-18(8-10-19)20-15-21-23(25-13-14-27(21)26-20)30-16-22(28)24-12-11-17-5-3-2-4-6-17/h2-10,13-15H,11-12,16H2,1H3,(H,24,28). The lowest BCUT2D eigenvalue weighted by Crippen LogP contribution is -2.27. The number of thioether (sulfide) groups is 1. The summed E-state index contributed by atoms with van der Waals surface area (Å²) in [7, 11) is 1.65. The highest BCUT2D eigenvalue weighted by Gasteiger charge is 2.11. The summed E-state index contributed by atoms with van der Waals surface area (Å²) in [6, 6.07) is 19.9. The number of rotatable bonds is 8. The minimum absolute atomic E-state index is 0.00497. The van der Waals surface area contributed by atoms with Gasteiger partial charge in [0.2, 0.25) is 5.91 Å². The number of benzene rings is 2. The summed E-state index contributed by atoms with van der Waals surface area (Å²) in [6.07, 6.45) is 4.33. The molecule has 0 saturated heterocycles. The van der Waals surface area contributed by atoms with Crippen molar-refractivity contribution >= 4 is 23.2 Å². The van der Waals surface area contributed by atoms with E-state index in [1.807, 2.05) is 54.7 Å². The zero-order valence-corrected chi connectivity index (χ0v) is 17.4. The molecule has 0 fully saturated rings. The molecule has 0 radical (unpaired) electrons. The number of fused-ring (bicyclic) bond motifs is 1. The van der Waals surface area contributed by atoms with Crippen molar-refractivity contribution in [2.75, 3.05) is 19.4 Å². The van der Waals surface area contributed by atoms with E-state index in [2.05, 4.69) is 27.5 Å². The second kappa shape index (κ2) is 9.45. The first-order chi connectivity index (χ1) is 14.7. The van der Waals surface area contributed by atoms with Gasteiger partial charge in [-0.2, -0.15) is 5.10 Å². The molecule has 2 aromatic heterocycles. The van der Waals surface area contributed by atoms with E-state index in [1.165, 1.54) is 17.3 Å². The molecule has 2 heterocycles. The fraction of sp³-hybridized carbons (Fsp3) is 0.174. The number of aromatic nitrogens is 3. The Balaban J connectivity index is 1.39. The Labute approximate surface area is 179 Å². The summed E-state index contributed by atoms with van der Waals surface area (Å²) in [6.45, 7) is 0.620. The molecule has 152 valence electrons. The van der Waals surface area contributed by atoms with Crippen LogP contribution >= 0.6 is 11.8 Å². The van der Waals surface area contributed by atoms with E-state index < -0.39 is 0 Å². The highest BCUT2D eigenvalue weighted by Crippen LogP contribution is 2.27. The van der Waals surface area contributed by atoms with Crippen molar-refractivity contribution in [1.29, 1.82) is 0 Å². The van der Waals surface area contributed by atoms with Crippen molar-refractivity contribution in [3.8, 4) is 17.0 Å². The lowest BCUT2D eigenvalue weighted by molar-refractivity contribution is -0.118. The van der Waals surface area contributed by atoms with Crippen LogP contribution in [0.25, 0.3) is 16.8 Å². The minimum atomic E-state index is -0.00497. The van der Waals surface area contributed by atoms with Crippen LogP contribution in [-0.2, 0) is 11.2 Å². The number of carbonyl (C=O) groups excluding carboxylic acids is 1. The lowest BCUT2D eigenvalue weighted by atomic mass is 10.1. The first-order valence-corrected chi connectivity index (χ1v) is 10.6. The summed E-state index contributed by atoms with van der Waals surface area (Å²) in [5.74, 6) is 1.11. The van der Waals surface area contributed by atoms with Gasteiger partial charge < -0.3 is 10.1 Å². The topological polar surface area (TPSA) is 68.5 Å². The van der Waals surface area contributed by atoms with E-state index in [0.717, 1.165) is 34.0 Å². The Bertz CT molecular complexity index is 1130. The van der Waals surface area contributed by atoms with Gasteiger partial charge in [0.1, 0.15) is 10.8 Å². The van der Waals surface area contributed by atoms with Crippen molar-refractivity contribution in [3.05, 3.63) is 78.6 Å². The van der Waals surface area contributed by atoms with Gasteiger partial charge in [-0.1, -0.05) is 42.1 Å². The summed E-state index contributed by atoms with van der Waals surface area (Å²) in [5, 5.41) is 8.38. The minimum Gasteiger partial charge on any atom is -0.497 e. The molecule has 0 unspecified atom stereocenters. The molecule has 4 rings (SSSR count). The third-order valence-electron chi connectivity index (χ3n) is 4.66. The highest BCUT2D eigenvalue weighted by atomic mass is 32.2. The highest BCUT2D eigenvalue weighted by molar-refractivity contribution is 8.00. The number of amides is 1. The van der Waals surface area contributed by atoms with Crippen LogP contribution in [-0.4, -0.2) is 39.9 Å². The molecule has 2 aromatic carbocycles. The fourth-order valence-corrected chi connectivity index (χ4v) is 3.89. The van der Waals surface area contributed by atoms with Gasteiger partial charge in [-0.05, 0) is 42.3 Å². The van der Waals surface area contributed by atoms with Crippen molar-refractivity contribution in [2.24, 2.45) is 0 Å². The van der Waals surface area contributed by atoms with Gasteiger partial charge in [-0.25, -0.2) is 9.50 Å². The van der Waals surface area contributed by atoms with E-state index in [9.17, 15) is 4.79 Å². The fourth-order valence-electron chi connectivity index (χ4n) is 3.09. The maximum absolute atomic E-state index is 12.2. The number of hydrogen-bond donors (Lipinski definition) is 1. The SMILES string of the molecule is COc1ccc(-c2cc3c(SCC(=O)NCCc4ccccc4)nccn3n2)cc1. The quantitative estimate of drug-likeness (QED) is 0.440. The van der Waals surface area contributed by atoms with Gasteiger partial charge in [0, 0.05) is 24.5 Å². The first-order valence-electron chi connectivity index (χ1n) is 9.65. The number of carbonyl (C=O) groups is 1. The van der Waals surface area contributed by atoms with Crippen LogP contribution in [0.4, 0.5) is 0 Å². The first kappa shape index (κ1) is 20.0. The number of ether oxygens (including phenoxy) is 1. The molecule has 4 aromatic rings. The summed E-state index contributed by atoms with van der Waals surface area (Å²) in [5.41, 5.74) is 3.93. The van der Waals surface area contributed by atoms with E-state index in [0.29, 0.717) is 12.3 Å². The molecule has 1 N–H and O–H groups in total. The maximum atomic E-state index is 12.2. The second-order valence-corrected chi connectivity index (χ2v) is 7.66. The predicted octanol–water partition coefficient (Wildman–Crippen LogP) is 3.86. The van der Waals surface area contributed by atoms with Gasteiger partial charge in [0.05, 0.1) is 24.1 Å². The zero-order chi connectivity index (χ0) is 20.8. The average molecular weight is 419 g/mol. The molecule has 0 spiro atoms. The van der Waals surface area contributed by atoms with Crippen molar-refractivity contribution < 1.29 is 9.53 Å². The van der Waals surface area contributed by atoms with Crippen molar-refractivity contribution in [1.82, 2.24) is 19.9 Å². The average Bonchev–Trinajstić information content (AvgIpc) is 3.23. The van der Waals surface area contributed by atoms with Gasteiger partial charge in [-0.3, -0.25) is 4.79 Å². The number of nitrogens with one attached hydrogen (secondary N) is 1. The van der Waals surface area contributed by atoms with Crippen LogP contribution in [0.1, 0.15) is 5.56 Å². The number of methoxy groups -OCH3 is 1. The Morgan fingerprint density at radius 1 is 1.13 bits per heavy atom. The molecule has 1 amide bonds. The molecular formula is C23H22N4O2S.